The number of nitrogens with zero attached hydrogens (tertiary/aromatic N) is 1. The van der Waals surface area contributed by atoms with Crippen LogP contribution < -0.4 is 5.73 Å². The van der Waals surface area contributed by atoms with Crippen molar-refractivity contribution in [1.82, 2.24) is 4.90 Å². The minimum atomic E-state index is 0.121. The predicted octanol–water partition coefficient (Wildman–Crippen LogP) is 3.20. The maximum absolute atomic E-state index is 12.5. The van der Waals surface area contributed by atoms with Crippen LogP contribution in [0.4, 0.5) is 5.69 Å². The van der Waals surface area contributed by atoms with Gasteiger partial charge in [-0.2, -0.15) is 0 Å². The first-order valence-electron chi connectivity index (χ1n) is 7.27. The zero-order valence-corrected chi connectivity index (χ0v) is 11.9. The summed E-state index contributed by atoms with van der Waals surface area (Å²) in [5.74, 6) is 0.406. The van der Waals surface area contributed by atoms with Gasteiger partial charge in [-0.1, -0.05) is 38.5 Å². The third-order valence-electron chi connectivity index (χ3n) is 3.81. The van der Waals surface area contributed by atoms with Crippen LogP contribution in [0.2, 0.25) is 0 Å². The summed E-state index contributed by atoms with van der Waals surface area (Å²) >= 11 is 0. The van der Waals surface area contributed by atoms with Crippen molar-refractivity contribution in [3.05, 3.63) is 29.8 Å². The minimum Gasteiger partial charge on any atom is -0.398 e. The number of nitrogens with two attached hydrogens (primary N) is 1. The highest BCUT2D eigenvalue weighted by Gasteiger charge is 2.34. The fourth-order valence-electron chi connectivity index (χ4n) is 2.47. The molecule has 0 spiro atoms. The fourth-order valence-corrected chi connectivity index (χ4v) is 2.47. The number of anilines is 1. The highest BCUT2D eigenvalue weighted by atomic mass is 16.2. The molecule has 1 aromatic carbocycles. The van der Waals surface area contributed by atoms with E-state index in [9.17, 15) is 4.79 Å². The number of benzene rings is 1. The molecule has 3 heteroatoms. The van der Waals surface area contributed by atoms with Gasteiger partial charge in [0.2, 0.25) is 5.91 Å². The van der Waals surface area contributed by atoms with Crippen LogP contribution in [0.15, 0.2) is 24.3 Å². The van der Waals surface area contributed by atoms with Crippen LogP contribution in [0.1, 0.15) is 45.1 Å². The zero-order chi connectivity index (χ0) is 13.8. The molecule has 1 saturated carbocycles. The normalized spacial score (nSPS) is 16.1. The van der Waals surface area contributed by atoms with Gasteiger partial charge in [0.1, 0.15) is 0 Å². The number of para-hydroxylation sites is 1. The molecule has 0 bridgehead atoms. The first kappa shape index (κ1) is 13.9. The quantitative estimate of drug-likeness (QED) is 0.798. The van der Waals surface area contributed by atoms with E-state index in [-0.39, 0.29) is 11.8 Å². The van der Waals surface area contributed by atoms with Crippen molar-refractivity contribution >= 4 is 11.6 Å². The van der Waals surface area contributed by atoms with Crippen LogP contribution >= 0.6 is 0 Å². The largest absolute Gasteiger partial charge is 0.398 e. The summed E-state index contributed by atoms with van der Waals surface area (Å²) in [6.45, 7) is 4.82. The second-order valence-electron chi connectivity index (χ2n) is 5.59. The standard InChI is InChI=1S/C16H24N2O/c1-3-6-12(2)16(19)18(14-9-10-14)11-13-7-4-5-8-15(13)17/h4-5,7-8,12,14H,3,6,9-11,17H2,1-2H3. The molecule has 104 valence electrons. The lowest BCUT2D eigenvalue weighted by Crippen LogP contribution is -2.36. The monoisotopic (exact) mass is 260 g/mol. The molecule has 0 saturated heterocycles. The number of rotatable bonds is 6. The van der Waals surface area contributed by atoms with E-state index >= 15 is 0 Å². The Morgan fingerprint density at radius 1 is 1.42 bits per heavy atom. The van der Waals surface area contributed by atoms with Crippen molar-refractivity contribution in [2.45, 2.75) is 52.1 Å². The minimum absolute atomic E-state index is 0.121. The van der Waals surface area contributed by atoms with E-state index in [4.69, 9.17) is 5.73 Å². The maximum atomic E-state index is 12.5. The SMILES string of the molecule is CCCC(C)C(=O)N(Cc1ccccc1N)C1CC1. The number of amides is 1. The van der Waals surface area contributed by atoms with Gasteiger partial charge >= 0.3 is 0 Å². The van der Waals surface area contributed by atoms with E-state index in [2.05, 4.69) is 6.92 Å². The van der Waals surface area contributed by atoms with E-state index in [1.807, 2.05) is 36.1 Å². The topological polar surface area (TPSA) is 46.3 Å². The Kier molecular flexibility index (Phi) is 4.46. The Labute approximate surface area is 115 Å². The fraction of sp³-hybridized carbons (Fsp3) is 0.562. The molecule has 1 aliphatic carbocycles. The van der Waals surface area contributed by atoms with Crippen LogP contribution in [-0.4, -0.2) is 16.8 Å². The lowest BCUT2D eigenvalue weighted by molar-refractivity contribution is -0.136. The number of hydrogen-bond donors (Lipinski definition) is 1. The molecule has 2 N–H and O–H groups in total. The molecule has 3 nitrogen and oxygen atoms in total. The van der Waals surface area contributed by atoms with Crippen molar-refractivity contribution in [2.24, 2.45) is 5.92 Å². The van der Waals surface area contributed by atoms with Crippen molar-refractivity contribution in [1.29, 1.82) is 0 Å². The van der Waals surface area contributed by atoms with E-state index in [1.165, 1.54) is 0 Å². The average Bonchev–Trinajstić information content (AvgIpc) is 3.21. The van der Waals surface area contributed by atoms with E-state index in [0.717, 1.165) is 36.9 Å². The summed E-state index contributed by atoms with van der Waals surface area (Å²) in [4.78, 5) is 14.5. The Balaban J connectivity index is 2.08. The summed E-state index contributed by atoms with van der Waals surface area (Å²) in [6.07, 6.45) is 4.29. The van der Waals surface area contributed by atoms with Gasteiger partial charge in [0.15, 0.2) is 0 Å². The van der Waals surface area contributed by atoms with Crippen molar-refractivity contribution in [2.75, 3.05) is 5.73 Å². The number of nitrogen functional groups attached to an aromatic ring is 1. The van der Waals surface area contributed by atoms with Crippen molar-refractivity contribution in [3.63, 3.8) is 0 Å². The van der Waals surface area contributed by atoms with Gasteiger partial charge in [-0.25, -0.2) is 0 Å². The lowest BCUT2D eigenvalue weighted by atomic mass is 10.0. The van der Waals surface area contributed by atoms with Gasteiger partial charge in [0.25, 0.3) is 0 Å². The van der Waals surface area contributed by atoms with Crippen LogP contribution in [-0.2, 0) is 11.3 Å². The van der Waals surface area contributed by atoms with Gasteiger partial charge in [0.05, 0.1) is 0 Å². The summed E-state index contributed by atoms with van der Waals surface area (Å²) in [5, 5.41) is 0. The molecule has 0 aliphatic heterocycles. The number of carbonyl (C=O) groups excluding carboxylic acids is 1. The second kappa shape index (κ2) is 6.09. The van der Waals surface area contributed by atoms with Gasteiger partial charge in [-0.05, 0) is 30.9 Å². The van der Waals surface area contributed by atoms with Crippen molar-refractivity contribution < 1.29 is 4.79 Å². The van der Waals surface area contributed by atoms with Gasteiger partial charge in [-0.3, -0.25) is 4.79 Å². The number of carbonyl (C=O) groups is 1. The number of hydrogen-bond acceptors (Lipinski definition) is 2. The molecule has 19 heavy (non-hydrogen) atoms. The summed E-state index contributed by atoms with van der Waals surface area (Å²) in [6, 6.07) is 8.27. The van der Waals surface area contributed by atoms with Gasteiger partial charge in [0, 0.05) is 24.2 Å². The Morgan fingerprint density at radius 3 is 2.68 bits per heavy atom. The summed E-state index contributed by atoms with van der Waals surface area (Å²) < 4.78 is 0. The molecule has 1 aromatic rings. The Bertz CT molecular complexity index is 440. The molecule has 0 radical (unpaired) electrons. The average molecular weight is 260 g/mol. The van der Waals surface area contributed by atoms with Crippen LogP contribution in [0.3, 0.4) is 0 Å². The molecule has 1 unspecified atom stereocenters. The summed E-state index contributed by atoms with van der Waals surface area (Å²) in [7, 11) is 0. The molecule has 1 atom stereocenters. The molecule has 0 heterocycles. The smallest absolute Gasteiger partial charge is 0.225 e. The van der Waals surface area contributed by atoms with Crippen LogP contribution in [0.25, 0.3) is 0 Å². The van der Waals surface area contributed by atoms with Crippen LogP contribution in [0, 0.1) is 5.92 Å². The third-order valence-corrected chi connectivity index (χ3v) is 3.81. The first-order valence-corrected chi connectivity index (χ1v) is 7.27. The molecule has 1 amide bonds. The molecule has 1 fully saturated rings. The van der Waals surface area contributed by atoms with E-state index in [1.54, 1.807) is 0 Å². The molecular formula is C16H24N2O. The predicted molar refractivity (Wildman–Crippen MR) is 78.5 cm³/mol. The third kappa shape index (κ3) is 3.49. The Morgan fingerprint density at radius 2 is 2.11 bits per heavy atom. The molecule has 1 aliphatic rings. The zero-order valence-electron chi connectivity index (χ0n) is 11.9. The molecule has 0 aromatic heterocycles. The van der Waals surface area contributed by atoms with Gasteiger partial charge in [-0.15, -0.1) is 0 Å². The maximum Gasteiger partial charge on any atom is 0.225 e. The highest BCUT2D eigenvalue weighted by Crippen LogP contribution is 2.31. The Hall–Kier alpha value is -1.51. The second-order valence-corrected chi connectivity index (χ2v) is 5.59. The van der Waals surface area contributed by atoms with Gasteiger partial charge < -0.3 is 10.6 Å². The van der Waals surface area contributed by atoms with E-state index < -0.39 is 0 Å². The highest BCUT2D eigenvalue weighted by molar-refractivity contribution is 5.79. The first-order chi connectivity index (χ1) is 9.13. The molecule has 2 rings (SSSR count). The van der Waals surface area contributed by atoms with Crippen LogP contribution in [0.5, 0.6) is 0 Å². The lowest BCUT2D eigenvalue weighted by Gasteiger charge is -2.26. The molecular weight excluding hydrogens is 236 g/mol. The van der Waals surface area contributed by atoms with E-state index in [0.29, 0.717) is 12.6 Å². The van der Waals surface area contributed by atoms with Crippen molar-refractivity contribution in [3.8, 4) is 0 Å². The summed E-state index contributed by atoms with van der Waals surface area (Å²) in [5.41, 5.74) is 7.83.